The van der Waals surface area contributed by atoms with Crippen LogP contribution in [0.25, 0.3) is 0 Å². The molecule has 0 spiro atoms. The molecule has 2 heterocycles. The smallest absolute Gasteiger partial charge is 0.258 e. The Bertz CT molecular complexity index is 1030. The number of aliphatic hydroxyl groups excluding tert-OH is 1. The number of carbonyl (C=O) groups is 1. The number of carbonyl (C=O) groups excluding carboxylic acids is 1. The van der Waals surface area contributed by atoms with Crippen LogP contribution in [-0.2, 0) is 13.0 Å². The second-order valence-electron chi connectivity index (χ2n) is 10.2. The predicted molar refractivity (Wildman–Crippen MR) is 131 cm³/mol. The normalized spacial score (nSPS) is 25.7. The summed E-state index contributed by atoms with van der Waals surface area (Å²) in [5.74, 6) is 3.06. The Balaban J connectivity index is 1.29. The molecule has 8 heteroatoms. The minimum absolute atomic E-state index is 0.0874. The number of anilines is 1. The van der Waals surface area contributed by atoms with Crippen LogP contribution >= 0.6 is 11.6 Å². The van der Waals surface area contributed by atoms with Crippen LogP contribution in [0.15, 0.2) is 24.4 Å². The maximum absolute atomic E-state index is 13.1. The van der Waals surface area contributed by atoms with E-state index in [1.807, 2.05) is 18.2 Å². The Labute approximate surface area is 205 Å². The van der Waals surface area contributed by atoms with Crippen molar-refractivity contribution < 1.29 is 14.6 Å². The van der Waals surface area contributed by atoms with E-state index in [9.17, 15) is 9.90 Å². The van der Waals surface area contributed by atoms with Gasteiger partial charge in [0.1, 0.15) is 5.56 Å². The van der Waals surface area contributed by atoms with E-state index in [1.165, 1.54) is 6.42 Å². The van der Waals surface area contributed by atoms with Crippen LogP contribution in [0.4, 0.5) is 5.95 Å². The molecule has 2 unspecified atom stereocenters. The quantitative estimate of drug-likeness (QED) is 0.588. The van der Waals surface area contributed by atoms with Crippen molar-refractivity contribution in [1.29, 1.82) is 0 Å². The number of amides is 1. The maximum atomic E-state index is 13.1. The van der Waals surface area contributed by atoms with Gasteiger partial charge in [0.25, 0.3) is 5.91 Å². The van der Waals surface area contributed by atoms with Crippen molar-refractivity contribution in [2.45, 2.75) is 58.1 Å². The van der Waals surface area contributed by atoms with E-state index in [1.54, 1.807) is 6.20 Å². The van der Waals surface area contributed by atoms with Gasteiger partial charge >= 0.3 is 0 Å². The number of ether oxygens (including phenoxy) is 1. The fraction of sp³-hybridized carbons (Fsp3) is 0.577. The highest BCUT2D eigenvalue weighted by molar-refractivity contribution is 6.31. The molecule has 2 aromatic rings. The van der Waals surface area contributed by atoms with Crippen LogP contribution in [0.5, 0.6) is 5.88 Å². The number of aromatic nitrogens is 2. The van der Waals surface area contributed by atoms with Crippen molar-refractivity contribution in [3.8, 4) is 5.88 Å². The number of fused-ring (bicyclic) bond motifs is 1. The summed E-state index contributed by atoms with van der Waals surface area (Å²) in [7, 11) is 0. The van der Waals surface area contributed by atoms with Gasteiger partial charge in [-0.15, -0.1) is 0 Å². The number of piperidine rings is 1. The molecule has 1 aliphatic heterocycles. The highest BCUT2D eigenvalue weighted by atomic mass is 35.5. The van der Waals surface area contributed by atoms with Crippen LogP contribution in [0, 0.1) is 17.8 Å². The van der Waals surface area contributed by atoms with Crippen molar-refractivity contribution in [2.24, 2.45) is 17.8 Å². The Morgan fingerprint density at radius 2 is 2.00 bits per heavy atom. The lowest BCUT2D eigenvalue weighted by atomic mass is 9.87. The largest absolute Gasteiger partial charge is 0.477 e. The number of benzene rings is 1. The number of nitrogens with one attached hydrogen (secondary N) is 1. The Hall–Kier alpha value is -2.38. The summed E-state index contributed by atoms with van der Waals surface area (Å²) in [4.78, 5) is 24.5. The molecule has 0 bridgehead atoms. The number of aliphatic hydroxyl groups is 1. The van der Waals surface area contributed by atoms with Gasteiger partial charge in [-0.3, -0.25) is 4.79 Å². The molecule has 5 rings (SSSR count). The van der Waals surface area contributed by atoms with Crippen LogP contribution in [-0.4, -0.2) is 46.7 Å². The third-order valence-corrected chi connectivity index (χ3v) is 7.87. The highest BCUT2D eigenvalue weighted by Gasteiger charge is 2.46. The average molecular weight is 485 g/mol. The fourth-order valence-corrected chi connectivity index (χ4v) is 5.41. The van der Waals surface area contributed by atoms with Gasteiger partial charge in [-0.1, -0.05) is 30.7 Å². The van der Waals surface area contributed by atoms with Gasteiger partial charge in [0.15, 0.2) is 0 Å². The number of hydrogen-bond donors (Lipinski definition) is 2. The summed E-state index contributed by atoms with van der Waals surface area (Å²) in [5.41, 5.74) is 2.09. The molecule has 2 atom stereocenters. The second kappa shape index (κ2) is 10.1. The van der Waals surface area contributed by atoms with Crippen molar-refractivity contribution in [1.82, 2.24) is 15.3 Å². The number of nitrogens with zero attached hydrogens (tertiary/aromatic N) is 3. The Kier molecular flexibility index (Phi) is 6.93. The van der Waals surface area contributed by atoms with Crippen LogP contribution < -0.4 is 15.0 Å². The summed E-state index contributed by atoms with van der Waals surface area (Å²) in [6.45, 7) is 4.49. The molecule has 2 N–H and O–H groups in total. The molecule has 1 aromatic heterocycles. The summed E-state index contributed by atoms with van der Waals surface area (Å²) in [5, 5.41) is 13.0. The topological polar surface area (TPSA) is 87.6 Å². The minimum Gasteiger partial charge on any atom is -0.477 e. The van der Waals surface area contributed by atoms with E-state index < -0.39 is 0 Å². The molecule has 3 fully saturated rings. The third-order valence-electron chi connectivity index (χ3n) is 7.52. The Morgan fingerprint density at radius 1 is 1.24 bits per heavy atom. The van der Waals surface area contributed by atoms with Crippen LogP contribution in [0.2, 0.25) is 5.02 Å². The number of rotatable bonds is 8. The second-order valence-corrected chi connectivity index (χ2v) is 10.6. The van der Waals surface area contributed by atoms with E-state index in [0.717, 1.165) is 62.1 Å². The average Bonchev–Trinajstić information content (AvgIpc) is 3.45. The lowest BCUT2D eigenvalue weighted by molar-refractivity contribution is 0.0917. The first-order valence-corrected chi connectivity index (χ1v) is 12.8. The standard InChI is InChI=1S/C26H33ClN4O3/c1-16-2-6-21(7-3-16)29-24(33)22-12-28-26(31-13-19-11-20(19)14-31)30-25(22)34-9-8-17-4-5-18(15-32)23(27)10-17/h4-5,10,12,16,19-21,32H,2-3,6-9,11,13-15H2,1H3,(H,29,33). The minimum atomic E-state index is -0.166. The lowest BCUT2D eigenvalue weighted by Crippen LogP contribution is -2.37. The van der Waals surface area contributed by atoms with Crippen molar-refractivity contribution in [2.75, 3.05) is 24.6 Å². The van der Waals surface area contributed by atoms with E-state index in [-0.39, 0.29) is 18.6 Å². The summed E-state index contributed by atoms with van der Waals surface area (Å²) >= 11 is 6.22. The number of halogens is 1. The molecule has 182 valence electrons. The van der Waals surface area contributed by atoms with Gasteiger partial charge in [-0.05, 0) is 67.1 Å². The van der Waals surface area contributed by atoms with Crippen molar-refractivity contribution in [3.63, 3.8) is 0 Å². The van der Waals surface area contributed by atoms with E-state index >= 15 is 0 Å². The highest BCUT2D eigenvalue weighted by Crippen LogP contribution is 2.45. The van der Waals surface area contributed by atoms with E-state index in [4.69, 9.17) is 16.3 Å². The fourth-order valence-electron chi connectivity index (χ4n) is 5.14. The molecule has 1 saturated heterocycles. The molecule has 1 amide bonds. The Morgan fingerprint density at radius 3 is 2.71 bits per heavy atom. The molecule has 3 aliphatic rings. The van der Waals surface area contributed by atoms with Crippen molar-refractivity contribution >= 4 is 23.5 Å². The van der Waals surface area contributed by atoms with Gasteiger partial charge in [-0.2, -0.15) is 4.98 Å². The van der Waals surface area contributed by atoms with Crippen molar-refractivity contribution in [3.05, 3.63) is 46.1 Å². The molecule has 7 nitrogen and oxygen atoms in total. The first kappa shape index (κ1) is 23.4. The molecule has 0 radical (unpaired) electrons. The summed E-state index contributed by atoms with van der Waals surface area (Å²) in [6, 6.07) is 5.79. The van der Waals surface area contributed by atoms with Crippen LogP contribution in [0.1, 0.15) is 60.5 Å². The first-order valence-electron chi connectivity index (χ1n) is 12.4. The maximum Gasteiger partial charge on any atom is 0.258 e. The molecule has 2 saturated carbocycles. The zero-order valence-electron chi connectivity index (χ0n) is 19.7. The zero-order valence-corrected chi connectivity index (χ0v) is 20.4. The molecular weight excluding hydrogens is 452 g/mol. The van der Waals surface area contributed by atoms with Gasteiger partial charge in [0.2, 0.25) is 11.8 Å². The number of hydrogen-bond acceptors (Lipinski definition) is 6. The molecule has 1 aromatic carbocycles. The van der Waals surface area contributed by atoms with Gasteiger partial charge in [-0.25, -0.2) is 4.98 Å². The van der Waals surface area contributed by atoms with E-state index in [2.05, 4.69) is 27.1 Å². The van der Waals surface area contributed by atoms with Gasteiger partial charge in [0, 0.05) is 36.8 Å². The summed E-state index contributed by atoms with van der Waals surface area (Å²) < 4.78 is 6.07. The molecule has 2 aliphatic carbocycles. The zero-order chi connectivity index (χ0) is 23.7. The molecular formula is C26H33ClN4O3. The monoisotopic (exact) mass is 484 g/mol. The SMILES string of the molecule is CC1CCC(NC(=O)c2cnc(N3CC4CC4C3)nc2OCCc2ccc(CO)c(Cl)c2)CC1. The third kappa shape index (κ3) is 5.31. The molecule has 34 heavy (non-hydrogen) atoms. The van der Waals surface area contributed by atoms with Gasteiger partial charge in [0.05, 0.1) is 13.2 Å². The lowest BCUT2D eigenvalue weighted by Gasteiger charge is -2.27. The van der Waals surface area contributed by atoms with Crippen LogP contribution in [0.3, 0.4) is 0 Å². The summed E-state index contributed by atoms with van der Waals surface area (Å²) in [6.07, 6.45) is 7.82. The predicted octanol–water partition coefficient (Wildman–Crippen LogP) is 4.01. The van der Waals surface area contributed by atoms with Gasteiger partial charge < -0.3 is 20.1 Å². The first-order chi connectivity index (χ1) is 16.5. The van der Waals surface area contributed by atoms with E-state index in [0.29, 0.717) is 41.0 Å².